The Bertz CT molecular complexity index is 182. The van der Waals surface area contributed by atoms with Gasteiger partial charge in [-0.15, -0.1) is 0 Å². The maximum atomic E-state index is 5.38. The second kappa shape index (κ2) is 5.28. The monoisotopic (exact) mass is 212 g/mol. The third kappa shape index (κ3) is 2.92. The minimum absolute atomic E-state index is 0.641. The Morgan fingerprint density at radius 3 is 2.20 bits per heavy atom. The van der Waals surface area contributed by atoms with Crippen LogP contribution in [0.4, 0.5) is 0 Å². The summed E-state index contributed by atoms with van der Waals surface area (Å²) in [7, 11) is 0. The highest BCUT2D eigenvalue weighted by atomic mass is 16.5. The van der Waals surface area contributed by atoms with Gasteiger partial charge in [0, 0.05) is 31.3 Å². The fourth-order valence-corrected chi connectivity index (χ4v) is 2.71. The first-order valence-corrected chi connectivity index (χ1v) is 6.39. The van der Waals surface area contributed by atoms with E-state index in [-0.39, 0.29) is 0 Å². The van der Waals surface area contributed by atoms with Crippen LogP contribution in [0.1, 0.15) is 46.0 Å². The molecule has 0 radical (unpaired) electrons. The Kier molecular flexibility index (Phi) is 4.00. The quantitative estimate of drug-likeness (QED) is 0.757. The van der Waals surface area contributed by atoms with E-state index in [9.17, 15) is 0 Å². The van der Waals surface area contributed by atoms with Crippen molar-refractivity contribution in [3.05, 3.63) is 0 Å². The summed E-state index contributed by atoms with van der Waals surface area (Å²) in [5.74, 6) is 0. The van der Waals surface area contributed by atoms with E-state index >= 15 is 0 Å². The van der Waals surface area contributed by atoms with Crippen LogP contribution in [0.25, 0.3) is 0 Å². The average molecular weight is 212 g/mol. The van der Waals surface area contributed by atoms with Crippen LogP contribution in [-0.2, 0) is 4.74 Å². The zero-order chi connectivity index (χ0) is 10.7. The highest BCUT2D eigenvalue weighted by molar-refractivity contribution is 4.79. The normalized spacial score (nSPS) is 35.6. The Hall–Kier alpha value is -0.120. The minimum atomic E-state index is 0.641. The van der Waals surface area contributed by atoms with Gasteiger partial charge in [0.2, 0.25) is 0 Å². The van der Waals surface area contributed by atoms with E-state index in [1.165, 1.54) is 19.3 Å². The number of nitrogens with zero attached hydrogens (tertiary/aromatic N) is 1. The lowest BCUT2D eigenvalue weighted by molar-refractivity contribution is -0.00324. The highest BCUT2D eigenvalue weighted by Crippen LogP contribution is 2.21. The van der Waals surface area contributed by atoms with Crippen molar-refractivity contribution in [2.75, 3.05) is 13.2 Å². The van der Waals surface area contributed by atoms with Gasteiger partial charge in [-0.1, -0.05) is 6.42 Å². The van der Waals surface area contributed by atoms with Crippen molar-refractivity contribution in [3.63, 3.8) is 0 Å². The molecule has 2 saturated heterocycles. The number of ether oxygens (including phenoxy) is 1. The van der Waals surface area contributed by atoms with E-state index in [1.807, 2.05) is 0 Å². The molecule has 0 aromatic heterocycles. The van der Waals surface area contributed by atoms with E-state index in [1.54, 1.807) is 0 Å². The van der Waals surface area contributed by atoms with Crippen LogP contribution in [-0.4, -0.2) is 36.3 Å². The number of hydrogen-bond donors (Lipinski definition) is 1. The zero-order valence-electron chi connectivity index (χ0n) is 10.0. The van der Waals surface area contributed by atoms with Gasteiger partial charge >= 0.3 is 0 Å². The number of nitrogens with one attached hydrogen (secondary N) is 1. The van der Waals surface area contributed by atoms with Crippen LogP contribution in [0, 0.1) is 0 Å². The van der Waals surface area contributed by atoms with E-state index in [4.69, 9.17) is 4.74 Å². The zero-order valence-corrected chi connectivity index (χ0v) is 10.0. The van der Waals surface area contributed by atoms with Crippen molar-refractivity contribution >= 4 is 0 Å². The molecule has 0 aromatic rings. The van der Waals surface area contributed by atoms with Gasteiger partial charge in [-0.05, 0) is 39.5 Å². The van der Waals surface area contributed by atoms with Gasteiger partial charge < -0.3 is 4.74 Å². The third-order valence-corrected chi connectivity index (χ3v) is 3.75. The van der Waals surface area contributed by atoms with E-state index < -0.39 is 0 Å². The second-order valence-electron chi connectivity index (χ2n) is 5.05. The standard InChI is InChI=1S/C12H24N2O/c1-10-4-3-5-11(2)14(10)13-12-6-8-15-9-7-12/h10-13H,3-9H2,1-2H3. The Morgan fingerprint density at radius 2 is 1.60 bits per heavy atom. The maximum Gasteiger partial charge on any atom is 0.0481 e. The van der Waals surface area contributed by atoms with Crippen molar-refractivity contribution in [2.24, 2.45) is 0 Å². The first-order chi connectivity index (χ1) is 7.27. The molecular weight excluding hydrogens is 188 g/mol. The van der Waals surface area contributed by atoms with Gasteiger partial charge in [-0.3, -0.25) is 5.43 Å². The lowest BCUT2D eigenvalue weighted by Gasteiger charge is -2.42. The molecule has 0 aromatic carbocycles. The van der Waals surface area contributed by atoms with Crippen LogP contribution in [0.2, 0.25) is 0 Å². The van der Waals surface area contributed by atoms with Crippen LogP contribution < -0.4 is 5.43 Å². The summed E-state index contributed by atoms with van der Waals surface area (Å²) < 4.78 is 5.38. The van der Waals surface area contributed by atoms with Crippen molar-refractivity contribution in [3.8, 4) is 0 Å². The molecule has 0 bridgehead atoms. The lowest BCUT2D eigenvalue weighted by Crippen LogP contribution is -2.56. The third-order valence-electron chi connectivity index (χ3n) is 3.75. The van der Waals surface area contributed by atoms with E-state index in [2.05, 4.69) is 24.3 Å². The molecule has 0 spiro atoms. The molecule has 15 heavy (non-hydrogen) atoms. The summed E-state index contributed by atoms with van der Waals surface area (Å²) in [6, 6.07) is 2.02. The van der Waals surface area contributed by atoms with Crippen LogP contribution in [0.3, 0.4) is 0 Å². The molecule has 2 atom stereocenters. The van der Waals surface area contributed by atoms with Crippen LogP contribution in [0.5, 0.6) is 0 Å². The van der Waals surface area contributed by atoms with E-state index in [0.717, 1.165) is 26.1 Å². The summed E-state index contributed by atoms with van der Waals surface area (Å²) in [5.41, 5.74) is 3.71. The molecule has 2 aliphatic heterocycles. The summed E-state index contributed by atoms with van der Waals surface area (Å²) in [4.78, 5) is 0. The average Bonchev–Trinajstić information content (AvgIpc) is 2.25. The summed E-state index contributed by atoms with van der Waals surface area (Å²) >= 11 is 0. The van der Waals surface area contributed by atoms with Gasteiger partial charge in [0.05, 0.1) is 0 Å². The van der Waals surface area contributed by atoms with Crippen molar-refractivity contribution in [2.45, 2.75) is 64.1 Å². The number of rotatable bonds is 2. The molecule has 2 rings (SSSR count). The molecule has 2 unspecified atom stereocenters. The molecule has 2 heterocycles. The molecule has 0 saturated carbocycles. The molecule has 1 N–H and O–H groups in total. The predicted octanol–water partition coefficient (Wildman–Crippen LogP) is 1.93. The molecule has 0 aliphatic carbocycles. The van der Waals surface area contributed by atoms with Crippen molar-refractivity contribution in [1.82, 2.24) is 10.4 Å². The molecule has 3 nitrogen and oxygen atoms in total. The van der Waals surface area contributed by atoms with E-state index in [0.29, 0.717) is 18.1 Å². The SMILES string of the molecule is CC1CCCC(C)N1NC1CCOCC1. The van der Waals surface area contributed by atoms with Crippen molar-refractivity contribution < 1.29 is 4.74 Å². The predicted molar refractivity (Wildman–Crippen MR) is 61.6 cm³/mol. The fraction of sp³-hybridized carbons (Fsp3) is 1.00. The Balaban J connectivity index is 1.84. The largest absolute Gasteiger partial charge is 0.381 e. The maximum absolute atomic E-state index is 5.38. The van der Waals surface area contributed by atoms with Gasteiger partial charge in [-0.2, -0.15) is 0 Å². The molecule has 0 amide bonds. The summed E-state index contributed by atoms with van der Waals surface area (Å²) in [6.45, 7) is 6.52. The number of piperidine rings is 1. The molecule has 88 valence electrons. The fourth-order valence-electron chi connectivity index (χ4n) is 2.71. The summed E-state index contributed by atoms with van der Waals surface area (Å²) in [5, 5.41) is 2.49. The van der Waals surface area contributed by atoms with Crippen LogP contribution in [0.15, 0.2) is 0 Å². The Morgan fingerprint density at radius 1 is 1.00 bits per heavy atom. The minimum Gasteiger partial charge on any atom is -0.381 e. The first kappa shape index (κ1) is 11.4. The van der Waals surface area contributed by atoms with Gasteiger partial charge in [-0.25, -0.2) is 5.01 Å². The summed E-state index contributed by atoms with van der Waals surface area (Å²) in [6.07, 6.45) is 6.38. The number of hydrazine groups is 1. The molecule has 2 aliphatic rings. The van der Waals surface area contributed by atoms with Gasteiger partial charge in [0.1, 0.15) is 0 Å². The molecular formula is C12H24N2O. The van der Waals surface area contributed by atoms with Gasteiger partial charge in [0.25, 0.3) is 0 Å². The highest BCUT2D eigenvalue weighted by Gasteiger charge is 2.27. The lowest BCUT2D eigenvalue weighted by atomic mass is 9.99. The topological polar surface area (TPSA) is 24.5 Å². The smallest absolute Gasteiger partial charge is 0.0481 e. The molecule has 3 heteroatoms. The Labute approximate surface area is 93.1 Å². The van der Waals surface area contributed by atoms with Gasteiger partial charge in [0.15, 0.2) is 0 Å². The number of hydrogen-bond acceptors (Lipinski definition) is 3. The first-order valence-electron chi connectivity index (χ1n) is 6.39. The second-order valence-corrected chi connectivity index (χ2v) is 5.05. The van der Waals surface area contributed by atoms with Crippen molar-refractivity contribution in [1.29, 1.82) is 0 Å². The molecule has 2 fully saturated rings. The van der Waals surface area contributed by atoms with Crippen LogP contribution >= 0.6 is 0 Å².